The number of likely N-dealkylation sites (tertiary alicyclic amines) is 3. The molecule has 2 bridgehead atoms. The highest BCUT2D eigenvalue weighted by Crippen LogP contribution is 2.47. The van der Waals surface area contributed by atoms with Crippen LogP contribution in [0, 0.1) is 23.1 Å². The molecule has 3 heterocycles. The molecule has 6 atom stereocenters. The number of piperazine rings is 1. The molecule has 0 radical (unpaired) electrons. The molecule has 2 N–H and O–H groups in total. The summed E-state index contributed by atoms with van der Waals surface area (Å²) >= 11 is 0. The number of amides is 2. The third kappa shape index (κ3) is 3.09. The Bertz CT molecular complexity index is 901. The zero-order chi connectivity index (χ0) is 20.3. The molecule has 5 rings (SSSR count). The Labute approximate surface area is 168 Å². The van der Waals surface area contributed by atoms with Crippen molar-refractivity contribution in [1.82, 2.24) is 14.7 Å². The van der Waals surface area contributed by atoms with Gasteiger partial charge in [0.2, 0.25) is 11.8 Å². The Balaban J connectivity index is 1.21. The molecule has 1 saturated carbocycles. The third-order valence-electron chi connectivity index (χ3n) is 6.89. The predicted molar refractivity (Wildman–Crippen MR) is 101 cm³/mol. The van der Waals surface area contributed by atoms with Gasteiger partial charge in [0.15, 0.2) is 0 Å². The number of nitrogens with two attached hydrogens (primary N) is 1. The van der Waals surface area contributed by atoms with Crippen molar-refractivity contribution < 1.29 is 14.0 Å². The van der Waals surface area contributed by atoms with E-state index >= 15 is 0 Å². The van der Waals surface area contributed by atoms with Gasteiger partial charge in [0.1, 0.15) is 11.9 Å². The molecule has 29 heavy (non-hydrogen) atoms. The molecule has 1 aliphatic carbocycles. The van der Waals surface area contributed by atoms with Crippen molar-refractivity contribution in [3.05, 3.63) is 35.6 Å². The predicted octanol–water partition coefficient (Wildman–Crippen LogP) is 0.451. The van der Waals surface area contributed by atoms with E-state index in [2.05, 4.69) is 6.07 Å². The quantitative estimate of drug-likeness (QED) is 0.779. The maximum Gasteiger partial charge on any atom is 0.242 e. The number of carbonyl (C=O) groups is 2. The molecule has 3 saturated heterocycles. The maximum absolute atomic E-state index is 13.4. The average Bonchev–Trinajstić information content (AvgIpc) is 3.04. The van der Waals surface area contributed by atoms with E-state index in [9.17, 15) is 19.2 Å². The summed E-state index contributed by atoms with van der Waals surface area (Å²) in [5.74, 6) is -0.00524. The standard InChI is InChI=1S/C21H24FN5O2/c22-14-3-1-2-12(4-14)9-26-16-7-19(21(26)29)25(10-16)11-17(24)20(28)27-15(8-23)5-13-6-18(13)27/h1-4,13,15-19H,5-7,9-11,24H2/t13?,15?,16-,17?,18-,19-/m0/s1. The van der Waals surface area contributed by atoms with E-state index in [0.717, 1.165) is 18.4 Å². The largest absolute Gasteiger partial charge is 0.333 e. The fraction of sp³-hybridized carbons (Fsp3) is 0.571. The zero-order valence-electron chi connectivity index (χ0n) is 16.1. The topological polar surface area (TPSA) is 93.7 Å². The fourth-order valence-electron chi connectivity index (χ4n) is 5.39. The minimum atomic E-state index is -0.728. The van der Waals surface area contributed by atoms with Gasteiger partial charge in [-0.15, -0.1) is 0 Å². The van der Waals surface area contributed by atoms with Crippen molar-refractivity contribution in [2.45, 2.75) is 56.0 Å². The van der Waals surface area contributed by atoms with Crippen molar-refractivity contribution in [2.24, 2.45) is 11.7 Å². The molecule has 2 amide bonds. The Morgan fingerprint density at radius 3 is 2.90 bits per heavy atom. The fourth-order valence-corrected chi connectivity index (χ4v) is 5.39. The number of hydrogen-bond acceptors (Lipinski definition) is 5. The lowest BCUT2D eigenvalue weighted by molar-refractivity contribution is -0.139. The molecule has 0 spiro atoms. The van der Waals surface area contributed by atoms with Crippen molar-refractivity contribution in [1.29, 1.82) is 5.26 Å². The van der Waals surface area contributed by atoms with E-state index in [4.69, 9.17) is 5.73 Å². The average molecular weight is 397 g/mol. The minimum Gasteiger partial charge on any atom is -0.333 e. The summed E-state index contributed by atoms with van der Waals surface area (Å²) in [4.78, 5) is 31.2. The summed E-state index contributed by atoms with van der Waals surface area (Å²) in [6.07, 6.45) is 2.43. The van der Waals surface area contributed by atoms with Gasteiger partial charge < -0.3 is 15.5 Å². The van der Waals surface area contributed by atoms with Gasteiger partial charge in [-0.3, -0.25) is 14.5 Å². The lowest BCUT2D eigenvalue weighted by atomic mass is 10.1. The summed E-state index contributed by atoms with van der Waals surface area (Å²) in [6.45, 7) is 1.39. The highest BCUT2D eigenvalue weighted by molar-refractivity contribution is 5.86. The number of halogens is 1. The van der Waals surface area contributed by atoms with Crippen LogP contribution >= 0.6 is 0 Å². The first-order valence-electron chi connectivity index (χ1n) is 10.2. The molecule has 3 unspecified atom stereocenters. The normalized spacial score (nSPS) is 33.7. The first kappa shape index (κ1) is 18.5. The van der Waals surface area contributed by atoms with Crippen LogP contribution in [0.25, 0.3) is 0 Å². The number of hydrogen-bond donors (Lipinski definition) is 1. The van der Waals surface area contributed by atoms with Gasteiger partial charge >= 0.3 is 0 Å². The number of carbonyl (C=O) groups excluding carboxylic acids is 2. The van der Waals surface area contributed by atoms with Gasteiger partial charge in [0.25, 0.3) is 0 Å². The number of nitriles is 1. The zero-order valence-corrected chi connectivity index (χ0v) is 16.1. The molecule has 3 aliphatic heterocycles. The Kier molecular flexibility index (Phi) is 4.33. The van der Waals surface area contributed by atoms with E-state index in [0.29, 0.717) is 32.0 Å². The molecule has 8 heteroatoms. The van der Waals surface area contributed by atoms with Crippen LogP contribution in [-0.2, 0) is 16.1 Å². The van der Waals surface area contributed by atoms with Gasteiger partial charge in [0.05, 0.1) is 18.2 Å². The highest BCUT2D eigenvalue weighted by atomic mass is 19.1. The smallest absolute Gasteiger partial charge is 0.242 e. The van der Waals surface area contributed by atoms with Gasteiger partial charge in [-0.05, 0) is 42.9 Å². The van der Waals surface area contributed by atoms with Crippen LogP contribution < -0.4 is 5.73 Å². The van der Waals surface area contributed by atoms with E-state index in [1.165, 1.54) is 12.1 Å². The van der Waals surface area contributed by atoms with Gasteiger partial charge in [-0.1, -0.05) is 12.1 Å². The van der Waals surface area contributed by atoms with E-state index in [1.54, 1.807) is 11.0 Å². The van der Waals surface area contributed by atoms with Crippen LogP contribution in [0.5, 0.6) is 0 Å². The van der Waals surface area contributed by atoms with Crippen molar-refractivity contribution >= 4 is 11.8 Å². The molecule has 1 aromatic carbocycles. The Morgan fingerprint density at radius 2 is 2.17 bits per heavy atom. The number of rotatable bonds is 5. The van der Waals surface area contributed by atoms with Crippen molar-refractivity contribution in [3.63, 3.8) is 0 Å². The molecule has 7 nitrogen and oxygen atoms in total. The molecular weight excluding hydrogens is 373 g/mol. The van der Waals surface area contributed by atoms with Crippen LogP contribution in [-0.4, -0.2) is 69.8 Å². The van der Waals surface area contributed by atoms with E-state index in [1.807, 2.05) is 15.9 Å². The second-order valence-electron chi connectivity index (χ2n) is 8.75. The van der Waals surface area contributed by atoms with E-state index < -0.39 is 6.04 Å². The molecule has 4 fully saturated rings. The lowest BCUT2D eigenvalue weighted by Gasteiger charge is -2.35. The number of nitrogens with zero attached hydrogens (tertiary/aromatic N) is 4. The number of fused-ring (bicyclic) bond motifs is 3. The Hall–Kier alpha value is -2.50. The molecule has 1 aromatic rings. The maximum atomic E-state index is 13.4. The van der Waals surface area contributed by atoms with Crippen molar-refractivity contribution in [2.75, 3.05) is 13.1 Å². The molecule has 152 valence electrons. The summed E-state index contributed by atoms with van der Waals surface area (Å²) in [5, 5.41) is 9.31. The first-order chi connectivity index (χ1) is 14.0. The summed E-state index contributed by atoms with van der Waals surface area (Å²) in [7, 11) is 0. The van der Waals surface area contributed by atoms with Gasteiger partial charge in [-0.25, -0.2) is 4.39 Å². The Morgan fingerprint density at radius 1 is 1.34 bits per heavy atom. The first-order valence-corrected chi connectivity index (χ1v) is 10.2. The second-order valence-corrected chi connectivity index (χ2v) is 8.75. The molecule has 0 aromatic heterocycles. The summed E-state index contributed by atoms with van der Waals surface area (Å²) < 4.78 is 13.4. The number of benzene rings is 1. The van der Waals surface area contributed by atoms with Crippen LogP contribution in [0.2, 0.25) is 0 Å². The summed E-state index contributed by atoms with van der Waals surface area (Å²) in [6, 6.07) is 7.41. The van der Waals surface area contributed by atoms with Crippen LogP contribution in [0.3, 0.4) is 0 Å². The number of piperidine rings is 1. The van der Waals surface area contributed by atoms with Crippen molar-refractivity contribution in [3.8, 4) is 6.07 Å². The molecular formula is C21H24FN5O2. The minimum absolute atomic E-state index is 0.0171. The van der Waals surface area contributed by atoms with Gasteiger partial charge in [-0.2, -0.15) is 5.26 Å². The van der Waals surface area contributed by atoms with E-state index in [-0.39, 0.29) is 41.8 Å². The third-order valence-corrected chi connectivity index (χ3v) is 6.89. The highest BCUT2D eigenvalue weighted by Gasteiger charge is 2.55. The van der Waals surface area contributed by atoms with Crippen LogP contribution in [0.1, 0.15) is 24.8 Å². The van der Waals surface area contributed by atoms with Gasteiger partial charge in [0, 0.05) is 31.7 Å². The SMILES string of the molecule is N#CC1CC2C[C@@H]2N1C(=O)C(N)CN1C[C@@H]2C[C@H]1C(=O)N2Cc1cccc(F)c1. The molecule has 4 aliphatic rings. The summed E-state index contributed by atoms with van der Waals surface area (Å²) in [5.41, 5.74) is 7.00. The second kappa shape index (κ2) is 6.78. The monoisotopic (exact) mass is 397 g/mol. The lowest BCUT2D eigenvalue weighted by Crippen LogP contribution is -2.56. The van der Waals surface area contributed by atoms with Crippen LogP contribution in [0.4, 0.5) is 4.39 Å². The van der Waals surface area contributed by atoms with Crippen LogP contribution in [0.15, 0.2) is 24.3 Å².